The lowest BCUT2D eigenvalue weighted by atomic mass is 10.2. The number of hydrogen-bond acceptors (Lipinski definition) is 6. The summed E-state index contributed by atoms with van der Waals surface area (Å²) in [5.41, 5.74) is 0.0416. The summed E-state index contributed by atoms with van der Waals surface area (Å²) in [6, 6.07) is 1.90. The Labute approximate surface area is 146 Å². The quantitative estimate of drug-likeness (QED) is 0.465. The molecule has 0 amide bonds. The van der Waals surface area contributed by atoms with Crippen LogP contribution >= 0.6 is 11.6 Å². The molecule has 1 aromatic rings. The van der Waals surface area contributed by atoms with E-state index < -0.39 is 35.9 Å². The molecule has 0 aliphatic heterocycles. The van der Waals surface area contributed by atoms with Crippen molar-refractivity contribution in [1.82, 2.24) is 4.72 Å². The molecule has 0 aromatic heterocycles. The predicted octanol–water partition coefficient (Wildman–Crippen LogP) is 0.925. The second kappa shape index (κ2) is 7.72. The number of rotatable bonds is 7. The zero-order chi connectivity index (χ0) is 18.7. The van der Waals surface area contributed by atoms with Crippen LogP contribution in [0.15, 0.2) is 39.6 Å². The minimum absolute atomic E-state index is 0.0651. The van der Waals surface area contributed by atoms with E-state index in [1.54, 1.807) is 0 Å². The summed E-state index contributed by atoms with van der Waals surface area (Å²) in [6.45, 7) is 6.23. The van der Waals surface area contributed by atoms with E-state index in [0.29, 0.717) is 0 Å². The molecule has 0 bridgehead atoms. The van der Waals surface area contributed by atoms with Crippen molar-refractivity contribution in [3.05, 3.63) is 29.8 Å². The average Bonchev–Trinajstić information content (AvgIpc) is 2.43. The van der Waals surface area contributed by atoms with Gasteiger partial charge in [0.2, 0.25) is 20.0 Å². The van der Waals surface area contributed by atoms with Crippen molar-refractivity contribution in [3.63, 3.8) is 0 Å². The van der Waals surface area contributed by atoms with E-state index in [4.69, 9.17) is 16.7 Å². The summed E-state index contributed by atoms with van der Waals surface area (Å²) in [7, 11) is -8.35. The Balaban J connectivity index is 3.67. The molecular weight excluding hydrogens is 378 g/mol. The third kappa shape index (κ3) is 5.10. The third-order valence-electron chi connectivity index (χ3n) is 2.93. The normalized spacial score (nSPS) is 14.5. The Bertz CT molecular complexity index is 877. The summed E-state index contributed by atoms with van der Waals surface area (Å²) in [5.74, 6) is 0. The second-order valence-electron chi connectivity index (χ2n) is 4.87. The molecule has 0 heterocycles. The predicted molar refractivity (Wildman–Crippen MR) is 92.7 cm³/mol. The number of hydrogen-bond donors (Lipinski definition) is 3. The highest BCUT2D eigenvalue weighted by Gasteiger charge is 2.24. The highest BCUT2D eigenvalue weighted by Crippen LogP contribution is 2.33. The van der Waals surface area contributed by atoms with Crippen molar-refractivity contribution in [2.45, 2.75) is 29.7 Å². The zero-order valence-electron chi connectivity index (χ0n) is 13.0. The molecule has 0 aliphatic carbocycles. The first kappa shape index (κ1) is 20.7. The molecule has 1 atom stereocenters. The highest BCUT2D eigenvalue weighted by atomic mass is 35.5. The van der Waals surface area contributed by atoms with E-state index in [9.17, 15) is 21.9 Å². The van der Waals surface area contributed by atoms with E-state index in [1.807, 2.05) is 0 Å². The summed E-state index contributed by atoms with van der Waals surface area (Å²) in [6.07, 6.45) is 0.381. The van der Waals surface area contributed by atoms with Gasteiger partial charge in [0.1, 0.15) is 9.79 Å². The Kier molecular flexibility index (Phi) is 6.67. The van der Waals surface area contributed by atoms with Gasteiger partial charge in [-0.25, -0.2) is 26.7 Å². The molecule has 1 rings (SSSR count). The van der Waals surface area contributed by atoms with E-state index in [-0.39, 0.29) is 23.0 Å². The van der Waals surface area contributed by atoms with Crippen LogP contribution in [0.1, 0.15) is 13.8 Å². The SMILES string of the molecule is C=CCNS(=O)(=O)c1cc(S(N)(=O)=O)c(N=C(C)C(C)O)cc1Cl. The standard InChI is InChI=1S/C13H18ClN3O5S2/c1-4-5-16-24(21,22)12-7-13(23(15,19)20)11(6-10(12)14)17-8(2)9(3)18/h4,6-7,9,16,18H,1,5H2,2-3H3,(H2,15,19,20). The molecule has 4 N–H and O–H groups in total. The first-order chi connectivity index (χ1) is 10.9. The Hall–Kier alpha value is -1.30. The third-order valence-corrected chi connectivity index (χ3v) is 5.76. The van der Waals surface area contributed by atoms with Gasteiger partial charge in [-0.3, -0.25) is 4.99 Å². The number of benzene rings is 1. The van der Waals surface area contributed by atoms with Crippen LogP contribution < -0.4 is 9.86 Å². The minimum Gasteiger partial charge on any atom is -0.387 e. The van der Waals surface area contributed by atoms with Gasteiger partial charge >= 0.3 is 0 Å². The van der Waals surface area contributed by atoms with Crippen molar-refractivity contribution < 1.29 is 21.9 Å². The number of aliphatic hydroxyl groups excluding tert-OH is 1. The smallest absolute Gasteiger partial charge is 0.242 e. The second-order valence-corrected chi connectivity index (χ2v) is 8.54. The van der Waals surface area contributed by atoms with Gasteiger partial charge in [0.25, 0.3) is 0 Å². The minimum atomic E-state index is -4.28. The van der Waals surface area contributed by atoms with Crippen LogP contribution in [0.25, 0.3) is 0 Å². The summed E-state index contributed by atoms with van der Waals surface area (Å²) >= 11 is 5.97. The summed E-state index contributed by atoms with van der Waals surface area (Å²) in [5, 5.41) is 14.4. The monoisotopic (exact) mass is 395 g/mol. The van der Waals surface area contributed by atoms with Crippen molar-refractivity contribution in [2.75, 3.05) is 6.54 Å². The Morgan fingerprint density at radius 2 is 2.00 bits per heavy atom. The molecule has 0 saturated heterocycles. The van der Waals surface area contributed by atoms with Gasteiger partial charge in [-0.2, -0.15) is 0 Å². The Morgan fingerprint density at radius 1 is 1.42 bits per heavy atom. The number of nitrogens with zero attached hydrogens (tertiary/aromatic N) is 1. The zero-order valence-corrected chi connectivity index (χ0v) is 15.4. The van der Waals surface area contributed by atoms with E-state index in [0.717, 1.165) is 12.1 Å². The number of nitrogens with two attached hydrogens (primary N) is 1. The number of nitrogens with one attached hydrogen (secondary N) is 1. The molecule has 11 heteroatoms. The van der Waals surface area contributed by atoms with Gasteiger partial charge in [-0.15, -0.1) is 6.58 Å². The summed E-state index contributed by atoms with van der Waals surface area (Å²) in [4.78, 5) is 2.99. The first-order valence-electron chi connectivity index (χ1n) is 6.60. The molecule has 1 unspecified atom stereocenters. The lowest BCUT2D eigenvalue weighted by molar-refractivity contribution is 0.261. The maximum atomic E-state index is 12.2. The van der Waals surface area contributed by atoms with E-state index in [1.165, 1.54) is 19.9 Å². The van der Waals surface area contributed by atoms with Crippen molar-refractivity contribution >= 4 is 43.0 Å². The Morgan fingerprint density at radius 3 is 2.46 bits per heavy atom. The van der Waals surface area contributed by atoms with E-state index in [2.05, 4.69) is 16.3 Å². The fraction of sp³-hybridized carbons (Fsp3) is 0.308. The maximum absolute atomic E-state index is 12.2. The van der Waals surface area contributed by atoms with Crippen LogP contribution in [0.2, 0.25) is 5.02 Å². The summed E-state index contributed by atoms with van der Waals surface area (Å²) < 4.78 is 50.1. The number of aliphatic imine (C=N–C) groups is 1. The van der Waals surface area contributed by atoms with Gasteiger partial charge in [0.05, 0.1) is 16.8 Å². The van der Waals surface area contributed by atoms with Gasteiger partial charge < -0.3 is 5.11 Å². The maximum Gasteiger partial charge on any atom is 0.242 e. The molecular formula is C13H18ClN3O5S2. The molecule has 0 saturated carbocycles. The average molecular weight is 396 g/mol. The van der Waals surface area contributed by atoms with Crippen LogP contribution in [0.3, 0.4) is 0 Å². The van der Waals surface area contributed by atoms with Gasteiger partial charge in [0, 0.05) is 12.3 Å². The van der Waals surface area contributed by atoms with Crippen LogP contribution in [0.4, 0.5) is 5.69 Å². The van der Waals surface area contributed by atoms with Crippen LogP contribution in [-0.4, -0.2) is 40.3 Å². The van der Waals surface area contributed by atoms with Crippen molar-refractivity contribution in [1.29, 1.82) is 0 Å². The molecule has 0 aliphatic rings. The van der Waals surface area contributed by atoms with Crippen LogP contribution in [0, 0.1) is 0 Å². The van der Waals surface area contributed by atoms with Gasteiger partial charge in [-0.05, 0) is 26.0 Å². The first-order valence-corrected chi connectivity index (χ1v) is 10.0. The van der Waals surface area contributed by atoms with Crippen molar-refractivity contribution in [2.24, 2.45) is 10.1 Å². The van der Waals surface area contributed by atoms with Crippen LogP contribution in [-0.2, 0) is 20.0 Å². The molecule has 0 spiro atoms. The molecule has 0 radical (unpaired) electrons. The van der Waals surface area contributed by atoms with Crippen molar-refractivity contribution in [3.8, 4) is 0 Å². The number of sulfonamides is 2. The number of halogens is 1. The molecule has 0 fully saturated rings. The fourth-order valence-corrected chi connectivity index (χ4v) is 3.87. The van der Waals surface area contributed by atoms with Gasteiger partial charge in [0.15, 0.2) is 0 Å². The van der Waals surface area contributed by atoms with E-state index >= 15 is 0 Å². The largest absolute Gasteiger partial charge is 0.387 e. The number of primary sulfonamides is 1. The van der Waals surface area contributed by atoms with Gasteiger partial charge in [-0.1, -0.05) is 17.7 Å². The molecule has 134 valence electrons. The fourth-order valence-electron chi connectivity index (χ4n) is 1.58. The molecule has 1 aromatic carbocycles. The molecule has 24 heavy (non-hydrogen) atoms. The highest BCUT2D eigenvalue weighted by molar-refractivity contribution is 7.90. The topological polar surface area (TPSA) is 139 Å². The lowest BCUT2D eigenvalue weighted by Gasteiger charge is -2.12. The number of aliphatic hydroxyl groups is 1. The van der Waals surface area contributed by atoms with Crippen LogP contribution in [0.5, 0.6) is 0 Å². The molecule has 8 nitrogen and oxygen atoms in total. The lowest BCUT2D eigenvalue weighted by Crippen LogP contribution is -2.24.